The summed E-state index contributed by atoms with van der Waals surface area (Å²) in [6.07, 6.45) is 3.46. The molecule has 0 radical (unpaired) electrons. The highest BCUT2D eigenvalue weighted by Crippen LogP contribution is 2.30. The number of hydrogen-bond donors (Lipinski definition) is 0. The molecule has 1 heterocycles. The number of ether oxygens (including phenoxy) is 1. The van der Waals surface area contributed by atoms with Gasteiger partial charge in [-0.15, -0.1) is 11.8 Å². The van der Waals surface area contributed by atoms with Crippen molar-refractivity contribution in [3.63, 3.8) is 0 Å². The third-order valence-electron chi connectivity index (χ3n) is 2.12. The molecule has 14 heavy (non-hydrogen) atoms. The lowest BCUT2D eigenvalue weighted by Gasteiger charge is -2.15. The van der Waals surface area contributed by atoms with Crippen LogP contribution in [0.4, 0.5) is 0 Å². The molecule has 1 aliphatic rings. The van der Waals surface area contributed by atoms with Gasteiger partial charge in [0.15, 0.2) is 0 Å². The van der Waals surface area contributed by atoms with Crippen LogP contribution in [0.5, 0.6) is 0 Å². The highest BCUT2D eigenvalue weighted by molar-refractivity contribution is 8.04. The molecule has 4 heteroatoms. The minimum Gasteiger partial charge on any atom is -0.463 e. The van der Waals surface area contributed by atoms with Crippen molar-refractivity contribution in [1.29, 1.82) is 0 Å². The summed E-state index contributed by atoms with van der Waals surface area (Å²) in [6, 6.07) is 0. The molecule has 0 bridgehead atoms. The zero-order chi connectivity index (χ0) is 10.6. The summed E-state index contributed by atoms with van der Waals surface area (Å²) < 4.78 is 4.83. The average Bonchev–Trinajstić information content (AvgIpc) is 2.42. The van der Waals surface area contributed by atoms with Crippen molar-refractivity contribution in [2.45, 2.75) is 20.0 Å². The Kier molecular flexibility index (Phi) is 4.01. The molecule has 0 spiro atoms. The van der Waals surface area contributed by atoms with Gasteiger partial charge in [0.05, 0.1) is 14.7 Å². The maximum atomic E-state index is 11.1. The Bertz CT molecular complexity index is 282. The molecular weight excluding hydrogens is 212 g/mol. The SMILES string of the molecule is CCOC(=O)/C=C/C1=CSC[Si]1(C)C. The molecule has 0 N–H and O–H groups in total. The van der Waals surface area contributed by atoms with Gasteiger partial charge in [-0.1, -0.05) is 24.4 Å². The van der Waals surface area contributed by atoms with Gasteiger partial charge in [0.25, 0.3) is 0 Å². The number of carbonyl (C=O) groups excluding carboxylic acids is 1. The van der Waals surface area contributed by atoms with Gasteiger partial charge in [-0.25, -0.2) is 4.79 Å². The largest absolute Gasteiger partial charge is 0.463 e. The monoisotopic (exact) mass is 228 g/mol. The van der Waals surface area contributed by atoms with E-state index in [2.05, 4.69) is 18.5 Å². The Labute approximate surface area is 90.4 Å². The fourth-order valence-corrected chi connectivity index (χ4v) is 6.18. The maximum Gasteiger partial charge on any atom is 0.330 e. The summed E-state index contributed by atoms with van der Waals surface area (Å²) in [6.45, 7) is 6.88. The number of carbonyl (C=O) groups is 1. The van der Waals surface area contributed by atoms with Gasteiger partial charge in [0, 0.05) is 6.08 Å². The summed E-state index contributed by atoms with van der Waals surface area (Å²) in [7, 11) is -1.23. The predicted molar refractivity (Wildman–Crippen MR) is 63.8 cm³/mol. The van der Waals surface area contributed by atoms with E-state index in [4.69, 9.17) is 4.74 Å². The van der Waals surface area contributed by atoms with Crippen LogP contribution in [0.15, 0.2) is 22.8 Å². The zero-order valence-electron chi connectivity index (χ0n) is 8.87. The molecule has 0 saturated heterocycles. The first-order chi connectivity index (χ1) is 6.56. The Morgan fingerprint density at radius 3 is 2.93 bits per heavy atom. The molecule has 0 aromatic carbocycles. The van der Waals surface area contributed by atoms with Crippen molar-refractivity contribution in [2.24, 2.45) is 0 Å². The lowest BCUT2D eigenvalue weighted by atomic mass is 10.5. The highest BCUT2D eigenvalue weighted by atomic mass is 32.2. The maximum absolute atomic E-state index is 11.1. The number of esters is 1. The van der Waals surface area contributed by atoms with Crippen molar-refractivity contribution >= 4 is 25.8 Å². The van der Waals surface area contributed by atoms with Gasteiger partial charge in [0.2, 0.25) is 0 Å². The molecule has 0 atom stereocenters. The normalized spacial score (nSPS) is 19.8. The van der Waals surface area contributed by atoms with Crippen LogP contribution >= 0.6 is 11.8 Å². The van der Waals surface area contributed by atoms with E-state index in [0.717, 1.165) is 0 Å². The fraction of sp³-hybridized carbons (Fsp3) is 0.500. The van der Waals surface area contributed by atoms with Crippen LogP contribution in [0.1, 0.15) is 6.92 Å². The van der Waals surface area contributed by atoms with Gasteiger partial charge in [-0.2, -0.15) is 0 Å². The van der Waals surface area contributed by atoms with Crippen LogP contribution in [-0.4, -0.2) is 26.0 Å². The Balaban J connectivity index is 2.56. The van der Waals surface area contributed by atoms with Crippen molar-refractivity contribution in [3.05, 3.63) is 22.8 Å². The highest BCUT2D eigenvalue weighted by Gasteiger charge is 2.28. The quantitative estimate of drug-likeness (QED) is 0.422. The van der Waals surface area contributed by atoms with Crippen molar-refractivity contribution in [1.82, 2.24) is 0 Å². The van der Waals surface area contributed by atoms with Gasteiger partial charge in [0.1, 0.15) is 0 Å². The lowest BCUT2D eigenvalue weighted by molar-refractivity contribution is -0.137. The molecule has 0 fully saturated rings. The van der Waals surface area contributed by atoms with Gasteiger partial charge in [-0.05, 0) is 17.7 Å². The van der Waals surface area contributed by atoms with E-state index in [0.29, 0.717) is 6.61 Å². The van der Waals surface area contributed by atoms with Crippen LogP contribution in [0.25, 0.3) is 0 Å². The van der Waals surface area contributed by atoms with Crippen LogP contribution in [0, 0.1) is 0 Å². The van der Waals surface area contributed by atoms with Crippen LogP contribution in [-0.2, 0) is 9.53 Å². The number of rotatable bonds is 3. The Morgan fingerprint density at radius 1 is 1.71 bits per heavy atom. The van der Waals surface area contributed by atoms with E-state index in [-0.39, 0.29) is 5.97 Å². The van der Waals surface area contributed by atoms with E-state index >= 15 is 0 Å². The van der Waals surface area contributed by atoms with Crippen LogP contribution < -0.4 is 0 Å². The molecule has 1 aliphatic heterocycles. The molecule has 0 aliphatic carbocycles. The second kappa shape index (κ2) is 4.84. The van der Waals surface area contributed by atoms with Gasteiger partial charge in [-0.3, -0.25) is 0 Å². The minimum absolute atomic E-state index is 0.241. The Hall–Kier alpha value is -0.483. The van der Waals surface area contributed by atoms with Crippen LogP contribution in [0.3, 0.4) is 0 Å². The van der Waals surface area contributed by atoms with Crippen LogP contribution in [0.2, 0.25) is 13.1 Å². The summed E-state index contributed by atoms with van der Waals surface area (Å²) in [4.78, 5) is 11.1. The zero-order valence-corrected chi connectivity index (χ0v) is 10.7. The Morgan fingerprint density at radius 2 is 2.43 bits per heavy atom. The predicted octanol–water partition coefficient (Wildman–Crippen LogP) is 2.52. The summed E-state index contributed by atoms with van der Waals surface area (Å²) in [5.74, 6) is -0.241. The van der Waals surface area contributed by atoms with E-state index in [1.807, 2.05) is 24.8 Å². The molecule has 0 saturated carbocycles. The van der Waals surface area contributed by atoms with E-state index < -0.39 is 8.07 Å². The summed E-state index contributed by atoms with van der Waals surface area (Å²) in [5, 5.41) is 4.73. The fourth-order valence-electron chi connectivity index (χ4n) is 1.20. The number of thioether (sulfide) groups is 1. The van der Waals surface area contributed by atoms with E-state index in [9.17, 15) is 4.79 Å². The standard InChI is InChI=1S/C10H16O2SSi/c1-4-12-10(11)6-5-9-7-13-8-14(9,2)3/h5-7H,4,8H2,1-3H3/b6-5+. The lowest BCUT2D eigenvalue weighted by Crippen LogP contribution is -2.28. The van der Waals surface area contributed by atoms with Crippen molar-refractivity contribution in [3.8, 4) is 0 Å². The van der Waals surface area contributed by atoms with Gasteiger partial charge >= 0.3 is 5.97 Å². The number of hydrogen-bond acceptors (Lipinski definition) is 3. The third-order valence-corrected chi connectivity index (χ3v) is 8.18. The summed E-state index contributed by atoms with van der Waals surface area (Å²) >= 11 is 1.85. The first-order valence-corrected chi connectivity index (χ1v) is 8.99. The van der Waals surface area contributed by atoms with E-state index in [1.54, 1.807) is 0 Å². The topological polar surface area (TPSA) is 26.3 Å². The first-order valence-electron chi connectivity index (χ1n) is 4.73. The molecule has 0 aromatic heterocycles. The molecule has 0 aromatic rings. The average molecular weight is 228 g/mol. The molecular formula is C10H16O2SSi. The second-order valence-electron chi connectivity index (χ2n) is 3.85. The number of allylic oxidation sites excluding steroid dienone is 2. The first kappa shape index (κ1) is 11.6. The van der Waals surface area contributed by atoms with Gasteiger partial charge < -0.3 is 4.74 Å². The molecule has 0 unspecified atom stereocenters. The molecule has 1 rings (SSSR count). The summed E-state index contributed by atoms with van der Waals surface area (Å²) in [5.41, 5.74) is 0. The smallest absolute Gasteiger partial charge is 0.330 e. The molecule has 0 amide bonds. The second-order valence-corrected chi connectivity index (χ2v) is 9.92. The molecule has 2 nitrogen and oxygen atoms in total. The van der Waals surface area contributed by atoms with Crippen molar-refractivity contribution in [2.75, 3.05) is 12.0 Å². The van der Waals surface area contributed by atoms with E-state index in [1.165, 1.54) is 16.6 Å². The third kappa shape index (κ3) is 3.03. The minimum atomic E-state index is -1.23. The van der Waals surface area contributed by atoms with Crippen molar-refractivity contribution < 1.29 is 9.53 Å². The molecule has 78 valence electrons.